The third-order valence-corrected chi connectivity index (χ3v) is 7.51. The van der Waals surface area contributed by atoms with E-state index in [4.69, 9.17) is 4.74 Å². The number of carbonyl (C=O) groups is 2. The summed E-state index contributed by atoms with van der Waals surface area (Å²) in [7, 11) is -3.29. The summed E-state index contributed by atoms with van der Waals surface area (Å²) in [4.78, 5) is 24.8. The van der Waals surface area contributed by atoms with Gasteiger partial charge in [-0.05, 0) is 25.7 Å². The highest BCUT2D eigenvalue weighted by molar-refractivity contribution is 7.91. The van der Waals surface area contributed by atoms with Gasteiger partial charge < -0.3 is 10.1 Å². The van der Waals surface area contributed by atoms with Crippen LogP contribution in [0.3, 0.4) is 0 Å². The number of amides is 1. The van der Waals surface area contributed by atoms with Gasteiger partial charge in [-0.3, -0.25) is 9.59 Å². The van der Waals surface area contributed by atoms with E-state index in [1.54, 1.807) is 0 Å². The first-order chi connectivity index (χ1) is 11.9. The van der Waals surface area contributed by atoms with E-state index in [2.05, 4.69) is 5.32 Å². The number of sulfone groups is 1. The molecule has 6 nitrogen and oxygen atoms in total. The van der Waals surface area contributed by atoms with Crippen molar-refractivity contribution in [2.45, 2.75) is 76.4 Å². The van der Waals surface area contributed by atoms with Crippen LogP contribution in [-0.2, 0) is 24.2 Å². The lowest BCUT2D eigenvalue weighted by atomic mass is 9.88. The summed E-state index contributed by atoms with van der Waals surface area (Å²) >= 11 is 0. The van der Waals surface area contributed by atoms with Crippen molar-refractivity contribution in [3.05, 3.63) is 0 Å². The number of rotatable bonds is 4. The maximum absolute atomic E-state index is 12.5. The topological polar surface area (TPSA) is 89.5 Å². The van der Waals surface area contributed by atoms with Crippen molar-refractivity contribution in [2.75, 3.05) is 11.5 Å². The molecule has 1 amide bonds. The second-order valence-electron chi connectivity index (χ2n) is 7.84. The van der Waals surface area contributed by atoms with Gasteiger partial charge >= 0.3 is 5.97 Å². The Hall–Kier alpha value is -1.11. The fraction of sp³-hybridized carbons (Fsp3) is 0.889. The fourth-order valence-corrected chi connectivity index (χ4v) is 6.10. The molecule has 2 aliphatic carbocycles. The Labute approximate surface area is 150 Å². The van der Waals surface area contributed by atoms with Crippen LogP contribution in [0.4, 0.5) is 0 Å². The number of esters is 1. The van der Waals surface area contributed by atoms with Gasteiger partial charge in [0.25, 0.3) is 0 Å². The Morgan fingerprint density at radius 3 is 1.96 bits per heavy atom. The molecule has 3 fully saturated rings. The van der Waals surface area contributed by atoms with Gasteiger partial charge in [0.2, 0.25) is 5.91 Å². The fourth-order valence-electron chi connectivity index (χ4n) is 4.32. The summed E-state index contributed by atoms with van der Waals surface area (Å²) in [6, 6.07) is -0.605. The van der Waals surface area contributed by atoms with Crippen LogP contribution >= 0.6 is 0 Å². The van der Waals surface area contributed by atoms with Gasteiger partial charge in [-0.15, -0.1) is 0 Å². The lowest BCUT2D eigenvalue weighted by molar-refractivity contribution is -0.155. The predicted octanol–water partition coefficient (Wildman–Crippen LogP) is 1.97. The van der Waals surface area contributed by atoms with Gasteiger partial charge in [0.1, 0.15) is 6.10 Å². The summed E-state index contributed by atoms with van der Waals surface area (Å²) in [5.74, 6) is -0.840. The Bertz CT molecular complexity index is 545. The molecule has 25 heavy (non-hydrogen) atoms. The molecule has 0 spiro atoms. The molecular formula is C18H29NO5S. The molecular weight excluding hydrogens is 342 g/mol. The molecule has 3 rings (SSSR count). The molecule has 7 heteroatoms. The van der Waals surface area contributed by atoms with Crippen LogP contribution < -0.4 is 5.32 Å². The van der Waals surface area contributed by atoms with Crippen molar-refractivity contribution in [3.8, 4) is 0 Å². The number of ether oxygens (including phenoxy) is 1. The Kier molecular flexibility index (Phi) is 6.02. The average Bonchev–Trinajstić information content (AvgIpc) is 2.89. The summed E-state index contributed by atoms with van der Waals surface area (Å²) in [5.41, 5.74) is 0. The summed E-state index contributed by atoms with van der Waals surface area (Å²) in [5, 5.41) is 2.87. The normalized spacial score (nSPS) is 30.7. The van der Waals surface area contributed by atoms with Crippen molar-refractivity contribution in [1.82, 2.24) is 5.32 Å². The Morgan fingerprint density at radius 1 is 0.800 bits per heavy atom. The van der Waals surface area contributed by atoms with Crippen LogP contribution in [-0.4, -0.2) is 43.9 Å². The zero-order valence-corrected chi connectivity index (χ0v) is 15.6. The monoisotopic (exact) mass is 371 g/mol. The molecule has 0 aromatic rings. The van der Waals surface area contributed by atoms with Crippen LogP contribution in [0.2, 0.25) is 0 Å². The number of hydrogen-bond acceptors (Lipinski definition) is 5. The van der Waals surface area contributed by atoms with Gasteiger partial charge in [0.05, 0.1) is 23.5 Å². The minimum absolute atomic E-state index is 0.0354. The molecule has 1 aliphatic heterocycles. The van der Waals surface area contributed by atoms with Gasteiger partial charge in [0.15, 0.2) is 9.84 Å². The SMILES string of the molecule is O=C(N[C@@H]1CS(=O)(=O)C[C@H]1OC(=O)C1CCCCC1)C1CCCCC1. The van der Waals surface area contributed by atoms with Crippen molar-refractivity contribution in [2.24, 2.45) is 11.8 Å². The second kappa shape index (κ2) is 8.06. The van der Waals surface area contributed by atoms with Gasteiger partial charge in [-0.25, -0.2) is 8.42 Å². The molecule has 3 aliphatic rings. The molecule has 1 saturated heterocycles. The highest BCUT2D eigenvalue weighted by atomic mass is 32.2. The Balaban J connectivity index is 1.60. The van der Waals surface area contributed by atoms with Crippen LogP contribution in [0.25, 0.3) is 0 Å². The Morgan fingerprint density at radius 2 is 1.36 bits per heavy atom. The maximum atomic E-state index is 12.5. The first kappa shape index (κ1) is 18.7. The highest BCUT2D eigenvalue weighted by Gasteiger charge is 2.42. The zero-order chi connectivity index (χ0) is 17.9. The lowest BCUT2D eigenvalue weighted by Crippen LogP contribution is -2.47. The third kappa shape index (κ3) is 4.96. The first-order valence-electron chi connectivity index (χ1n) is 9.66. The number of nitrogens with one attached hydrogen (secondary N) is 1. The minimum Gasteiger partial charge on any atom is -0.459 e. The molecule has 2 saturated carbocycles. The van der Waals surface area contributed by atoms with Crippen LogP contribution in [0, 0.1) is 11.8 Å². The highest BCUT2D eigenvalue weighted by Crippen LogP contribution is 2.28. The van der Waals surface area contributed by atoms with Crippen molar-refractivity contribution >= 4 is 21.7 Å². The van der Waals surface area contributed by atoms with E-state index < -0.39 is 22.0 Å². The van der Waals surface area contributed by atoms with E-state index in [9.17, 15) is 18.0 Å². The van der Waals surface area contributed by atoms with Crippen LogP contribution in [0.15, 0.2) is 0 Å². The van der Waals surface area contributed by atoms with Gasteiger partial charge in [-0.2, -0.15) is 0 Å². The molecule has 0 unspecified atom stereocenters. The quantitative estimate of drug-likeness (QED) is 0.763. The summed E-state index contributed by atoms with van der Waals surface area (Å²) in [6.45, 7) is 0. The van der Waals surface area contributed by atoms with Crippen molar-refractivity contribution in [1.29, 1.82) is 0 Å². The van der Waals surface area contributed by atoms with E-state index in [0.717, 1.165) is 64.2 Å². The molecule has 1 heterocycles. The average molecular weight is 371 g/mol. The number of hydrogen-bond donors (Lipinski definition) is 1. The summed E-state index contributed by atoms with van der Waals surface area (Å²) in [6.07, 6.45) is 9.03. The molecule has 142 valence electrons. The molecule has 0 aromatic heterocycles. The third-order valence-electron chi connectivity index (χ3n) is 5.81. The molecule has 2 atom stereocenters. The second-order valence-corrected chi connectivity index (χ2v) is 9.99. The van der Waals surface area contributed by atoms with E-state index >= 15 is 0 Å². The molecule has 0 bridgehead atoms. The smallest absolute Gasteiger partial charge is 0.309 e. The van der Waals surface area contributed by atoms with Gasteiger partial charge in [0, 0.05) is 5.92 Å². The standard InChI is InChI=1S/C18H29NO5S/c20-17(13-7-3-1-4-8-13)19-15-11-25(22,23)12-16(15)24-18(21)14-9-5-2-6-10-14/h13-16H,1-12H2,(H,19,20)/t15-,16-/m1/s1. The largest absolute Gasteiger partial charge is 0.459 e. The van der Waals surface area contributed by atoms with Crippen LogP contribution in [0.1, 0.15) is 64.2 Å². The maximum Gasteiger partial charge on any atom is 0.309 e. The van der Waals surface area contributed by atoms with E-state index in [1.165, 1.54) is 0 Å². The zero-order valence-electron chi connectivity index (χ0n) is 14.7. The van der Waals surface area contributed by atoms with Crippen molar-refractivity contribution in [3.63, 3.8) is 0 Å². The number of carbonyl (C=O) groups excluding carboxylic acids is 2. The van der Waals surface area contributed by atoms with Crippen LogP contribution in [0.5, 0.6) is 0 Å². The van der Waals surface area contributed by atoms with E-state index in [-0.39, 0.29) is 35.2 Å². The predicted molar refractivity (Wildman–Crippen MR) is 93.6 cm³/mol. The van der Waals surface area contributed by atoms with Gasteiger partial charge in [-0.1, -0.05) is 38.5 Å². The minimum atomic E-state index is -3.29. The summed E-state index contributed by atoms with van der Waals surface area (Å²) < 4.78 is 29.6. The van der Waals surface area contributed by atoms with E-state index in [0.29, 0.717) is 0 Å². The lowest BCUT2D eigenvalue weighted by Gasteiger charge is -2.27. The molecule has 0 radical (unpaired) electrons. The molecule has 1 N–H and O–H groups in total. The molecule has 0 aromatic carbocycles. The van der Waals surface area contributed by atoms with Crippen molar-refractivity contribution < 1.29 is 22.7 Å². The first-order valence-corrected chi connectivity index (χ1v) is 11.5. The van der Waals surface area contributed by atoms with E-state index in [1.807, 2.05) is 0 Å².